The van der Waals surface area contributed by atoms with Crippen LogP contribution in [0.4, 0.5) is 0 Å². The minimum atomic E-state index is -0.856. The molecule has 3 rings (SSSR count). The van der Waals surface area contributed by atoms with E-state index in [-0.39, 0.29) is 12.3 Å². The zero-order valence-corrected chi connectivity index (χ0v) is 12.0. The molecule has 0 atom stereocenters. The molecule has 0 aromatic carbocycles. The molecule has 0 aliphatic heterocycles. The van der Waals surface area contributed by atoms with Gasteiger partial charge in [0.1, 0.15) is 5.69 Å². The molecular weight excluding hydrogens is 276 g/mol. The van der Waals surface area contributed by atoms with Gasteiger partial charge in [-0.25, -0.2) is 4.98 Å². The third-order valence-corrected chi connectivity index (χ3v) is 3.95. The van der Waals surface area contributed by atoms with Gasteiger partial charge >= 0.3 is 5.97 Å². The van der Waals surface area contributed by atoms with E-state index in [0.29, 0.717) is 0 Å². The summed E-state index contributed by atoms with van der Waals surface area (Å²) in [5.74, 6) is 0.0433. The maximum Gasteiger partial charge on any atom is 0.309 e. The van der Waals surface area contributed by atoms with Crippen LogP contribution in [0, 0.1) is 0 Å². The van der Waals surface area contributed by atoms with Gasteiger partial charge in [0.05, 0.1) is 24.1 Å². The van der Waals surface area contributed by atoms with Crippen molar-refractivity contribution >= 4 is 22.3 Å². The molecule has 0 radical (unpaired) electrons. The lowest BCUT2D eigenvalue weighted by molar-refractivity contribution is -0.136. The average molecular weight is 290 g/mol. The number of aliphatic carboxylic acids is 1. The first-order valence-corrected chi connectivity index (χ1v) is 7.20. The predicted molar refractivity (Wildman–Crippen MR) is 76.2 cm³/mol. The van der Waals surface area contributed by atoms with Crippen LogP contribution in [0.5, 0.6) is 0 Å². The summed E-state index contributed by atoms with van der Waals surface area (Å²) in [5, 5.41) is 11.1. The lowest BCUT2D eigenvalue weighted by Crippen LogP contribution is -2.07. The predicted octanol–water partition coefficient (Wildman–Crippen LogP) is 3.41. The fourth-order valence-corrected chi connectivity index (χ4v) is 3.21. The van der Waals surface area contributed by atoms with Crippen molar-refractivity contribution in [3.63, 3.8) is 0 Å². The molecule has 0 unspecified atom stereocenters. The molecule has 5 nitrogen and oxygen atoms in total. The molecule has 0 aliphatic carbocycles. The summed E-state index contributed by atoms with van der Waals surface area (Å²) in [7, 11) is 0. The first kappa shape index (κ1) is 12.9. The smallest absolute Gasteiger partial charge is 0.309 e. The zero-order valence-electron chi connectivity index (χ0n) is 11.2. The quantitative estimate of drug-likeness (QED) is 0.799. The van der Waals surface area contributed by atoms with Crippen LogP contribution in [0.15, 0.2) is 28.2 Å². The molecule has 0 saturated carbocycles. The van der Waals surface area contributed by atoms with Gasteiger partial charge in [-0.2, -0.15) is 0 Å². The van der Waals surface area contributed by atoms with Gasteiger partial charge in [0, 0.05) is 5.38 Å². The van der Waals surface area contributed by atoms with Crippen LogP contribution in [0.2, 0.25) is 0 Å². The Morgan fingerprint density at radius 1 is 1.55 bits per heavy atom. The minimum absolute atomic E-state index is 0.0425. The summed E-state index contributed by atoms with van der Waals surface area (Å²) < 4.78 is 7.32. The summed E-state index contributed by atoms with van der Waals surface area (Å²) in [5.41, 5.74) is 2.42. The van der Waals surface area contributed by atoms with E-state index in [2.05, 4.69) is 4.98 Å². The molecule has 0 amide bonds. The average Bonchev–Trinajstić information content (AvgIpc) is 3.04. The molecule has 104 valence electrons. The number of thiazole rings is 1. The van der Waals surface area contributed by atoms with Gasteiger partial charge in [0.25, 0.3) is 0 Å². The Balaban J connectivity index is 2.26. The van der Waals surface area contributed by atoms with Gasteiger partial charge < -0.3 is 9.52 Å². The molecule has 3 aromatic rings. The van der Waals surface area contributed by atoms with Crippen LogP contribution in [-0.4, -0.2) is 20.5 Å². The highest BCUT2D eigenvalue weighted by Gasteiger charge is 2.21. The van der Waals surface area contributed by atoms with Gasteiger partial charge in [-0.3, -0.25) is 9.20 Å². The minimum Gasteiger partial charge on any atom is -0.481 e. The van der Waals surface area contributed by atoms with Crippen molar-refractivity contribution in [1.82, 2.24) is 9.38 Å². The molecule has 6 heteroatoms. The molecule has 0 aliphatic rings. The molecule has 1 N–H and O–H groups in total. The second-order valence-electron chi connectivity index (χ2n) is 4.89. The Morgan fingerprint density at radius 3 is 2.95 bits per heavy atom. The number of rotatable bonds is 4. The summed E-state index contributed by atoms with van der Waals surface area (Å²) in [4.78, 5) is 16.5. The van der Waals surface area contributed by atoms with Gasteiger partial charge in [0.2, 0.25) is 0 Å². The molecule has 20 heavy (non-hydrogen) atoms. The number of carbonyl (C=O) groups is 1. The van der Waals surface area contributed by atoms with E-state index >= 15 is 0 Å². The van der Waals surface area contributed by atoms with Crippen molar-refractivity contribution < 1.29 is 14.3 Å². The second kappa shape index (κ2) is 4.79. The number of hydrogen-bond donors (Lipinski definition) is 1. The summed E-state index contributed by atoms with van der Waals surface area (Å²) >= 11 is 1.49. The maximum atomic E-state index is 11.1. The lowest BCUT2D eigenvalue weighted by Gasteiger charge is -2.06. The number of nitrogens with zero attached hydrogens (tertiary/aromatic N) is 2. The highest BCUT2D eigenvalue weighted by molar-refractivity contribution is 7.15. The fraction of sp³-hybridized carbons (Fsp3) is 0.286. The monoisotopic (exact) mass is 290 g/mol. The van der Waals surface area contributed by atoms with Gasteiger partial charge in [-0.05, 0) is 18.1 Å². The highest BCUT2D eigenvalue weighted by Crippen LogP contribution is 2.31. The number of furan rings is 1. The third-order valence-electron chi connectivity index (χ3n) is 3.13. The van der Waals surface area contributed by atoms with Crippen LogP contribution in [0.25, 0.3) is 16.4 Å². The molecular formula is C14H14N2O3S. The van der Waals surface area contributed by atoms with Crippen molar-refractivity contribution in [1.29, 1.82) is 0 Å². The molecule has 0 spiro atoms. The van der Waals surface area contributed by atoms with Gasteiger partial charge in [-0.15, -0.1) is 11.3 Å². The second-order valence-corrected chi connectivity index (χ2v) is 5.72. The van der Waals surface area contributed by atoms with Crippen molar-refractivity contribution in [3.8, 4) is 11.5 Å². The number of hydrogen-bond acceptors (Lipinski definition) is 4. The SMILES string of the molecule is CC(C)c1nc2scc(-c3ccco3)n2c1CC(=O)O. The maximum absolute atomic E-state index is 11.1. The molecule has 3 heterocycles. The molecule has 0 saturated heterocycles. The Kier molecular flexibility index (Phi) is 3.10. The van der Waals surface area contributed by atoms with Crippen LogP contribution < -0.4 is 0 Å². The van der Waals surface area contributed by atoms with Crippen molar-refractivity contribution in [2.75, 3.05) is 0 Å². The first-order valence-electron chi connectivity index (χ1n) is 6.32. The summed E-state index contributed by atoms with van der Waals surface area (Å²) in [6, 6.07) is 3.68. The van der Waals surface area contributed by atoms with Crippen molar-refractivity contribution in [2.45, 2.75) is 26.2 Å². The fourth-order valence-electron chi connectivity index (χ4n) is 2.30. The number of carboxylic acids is 1. The molecule has 3 aromatic heterocycles. The van der Waals surface area contributed by atoms with E-state index in [1.165, 1.54) is 11.3 Å². The van der Waals surface area contributed by atoms with E-state index in [1.807, 2.05) is 35.8 Å². The topological polar surface area (TPSA) is 67.7 Å². The van der Waals surface area contributed by atoms with Crippen LogP contribution >= 0.6 is 11.3 Å². The summed E-state index contributed by atoms with van der Waals surface area (Å²) in [6.45, 7) is 4.04. The largest absolute Gasteiger partial charge is 0.481 e. The van der Waals surface area contributed by atoms with Gasteiger partial charge in [0.15, 0.2) is 10.7 Å². The van der Waals surface area contributed by atoms with Crippen molar-refractivity contribution in [2.24, 2.45) is 0 Å². The molecule has 0 bridgehead atoms. The van der Waals surface area contributed by atoms with E-state index in [4.69, 9.17) is 9.52 Å². The number of carboxylic acid groups (broad SMARTS) is 1. The lowest BCUT2D eigenvalue weighted by atomic mass is 10.1. The van der Waals surface area contributed by atoms with Crippen molar-refractivity contribution in [3.05, 3.63) is 35.2 Å². The van der Waals surface area contributed by atoms with E-state index < -0.39 is 5.97 Å². The van der Waals surface area contributed by atoms with E-state index in [0.717, 1.165) is 27.8 Å². The zero-order chi connectivity index (χ0) is 14.3. The Labute approximate surface area is 119 Å². The molecule has 0 fully saturated rings. The standard InChI is InChI=1S/C14H14N2O3S/c1-8(2)13-9(6-12(17)18)16-10(7-20-14(16)15-13)11-4-3-5-19-11/h3-5,7-8H,6H2,1-2H3,(H,17,18). The number of fused-ring (bicyclic) bond motifs is 1. The third kappa shape index (κ3) is 2.02. The number of aromatic nitrogens is 2. The van der Waals surface area contributed by atoms with Crippen LogP contribution in [0.3, 0.4) is 0 Å². The summed E-state index contributed by atoms with van der Waals surface area (Å²) in [6.07, 6.45) is 1.56. The Morgan fingerprint density at radius 2 is 2.35 bits per heavy atom. The van der Waals surface area contributed by atoms with E-state index in [9.17, 15) is 4.79 Å². The number of imidazole rings is 1. The Bertz CT molecular complexity index is 753. The van der Waals surface area contributed by atoms with Crippen LogP contribution in [-0.2, 0) is 11.2 Å². The first-order chi connectivity index (χ1) is 9.58. The normalized spacial score (nSPS) is 11.6. The van der Waals surface area contributed by atoms with E-state index in [1.54, 1.807) is 6.26 Å². The van der Waals surface area contributed by atoms with Crippen LogP contribution in [0.1, 0.15) is 31.2 Å². The van der Waals surface area contributed by atoms with Gasteiger partial charge in [-0.1, -0.05) is 13.8 Å². The highest BCUT2D eigenvalue weighted by atomic mass is 32.1. The Hall–Kier alpha value is -2.08.